The van der Waals surface area contributed by atoms with E-state index in [4.69, 9.17) is 4.74 Å². The molecule has 2 aromatic carbocycles. The Morgan fingerprint density at radius 2 is 1.53 bits per heavy atom. The molecular formula is C23H29N3O4. The van der Waals surface area contributed by atoms with Crippen LogP contribution >= 0.6 is 0 Å². The molecule has 0 heterocycles. The summed E-state index contributed by atoms with van der Waals surface area (Å²) < 4.78 is 5.10. The van der Waals surface area contributed by atoms with Crippen molar-refractivity contribution in [2.75, 3.05) is 11.9 Å². The van der Waals surface area contributed by atoms with E-state index in [9.17, 15) is 14.4 Å². The summed E-state index contributed by atoms with van der Waals surface area (Å²) in [6, 6.07) is 17.0. The maximum atomic E-state index is 12.2. The van der Waals surface area contributed by atoms with Gasteiger partial charge in [-0.25, -0.2) is 4.79 Å². The molecule has 0 fully saturated rings. The maximum absolute atomic E-state index is 12.2. The third kappa shape index (κ3) is 8.77. The number of amides is 3. The molecule has 3 N–H and O–H groups in total. The van der Waals surface area contributed by atoms with Crippen LogP contribution in [0.2, 0.25) is 0 Å². The van der Waals surface area contributed by atoms with Crippen LogP contribution in [-0.2, 0) is 27.3 Å². The highest BCUT2D eigenvalue weighted by molar-refractivity contribution is 5.94. The van der Waals surface area contributed by atoms with E-state index < -0.39 is 11.7 Å². The predicted octanol–water partition coefficient (Wildman–Crippen LogP) is 3.40. The summed E-state index contributed by atoms with van der Waals surface area (Å²) in [4.78, 5) is 36.0. The number of rotatable bonds is 8. The van der Waals surface area contributed by atoms with Gasteiger partial charge in [-0.3, -0.25) is 9.59 Å². The number of nitrogens with one attached hydrogen (secondary N) is 3. The number of aryl methyl sites for hydroxylation is 1. The highest BCUT2D eigenvalue weighted by Crippen LogP contribution is 2.15. The molecular weight excluding hydrogens is 382 g/mol. The predicted molar refractivity (Wildman–Crippen MR) is 116 cm³/mol. The molecule has 2 rings (SSSR count). The van der Waals surface area contributed by atoms with Crippen LogP contribution in [0.4, 0.5) is 10.5 Å². The van der Waals surface area contributed by atoms with Crippen LogP contribution in [0.15, 0.2) is 54.6 Å². The van der Waals surface area contributed by atoms with Gasteiger partial charge in [0, 0.05) is 18.7 Å². The highest BCUT2D eigenvalue weighted by atomic mass is 16.6. The summed E-state index contributed by atoms with van der Waals surface area (Å²) in [7, 11) is 0. The van der Waals surface area contributed by atoms with Crippen LogP contribution in [0.1, 0.15) is 38.3 Å². The van der Waals surface area contributed by atoms with Gasteiger partial charge >= 0.3 is 6.09 Å². The second kappa shape index (κ2) is 11.0. The summed E-state index contributed by atoms with van der Waals surface area (Å²) >= 11 is 0. The van der Waals surface area contributed by atoms with Gasteiger partial charge < -0.3 is 20.7 Å². The van der Waals surface area contributed by atoms with Crippen molar-refractivity contribution in [2.45, 2.75) is 45.8 Å². The topological polar surface area (TPSA) is 96.5 Å². The Bertz CT molecular complexity index is 860. The minimum absolute atomic E-state index is 0.0634. The number of carbonyl (C=O) groups excluding carboxylic acids is 3. The zero-order valence-corrected chi connectivity index (χ0v) is 17.7. The van der Waals surface area contributed by atoms with Crippen LogP contribution in [0, 0.1) is 0 Å². The Labute approximate surface area is 177 Å². The molecule has 0 unspecified atom stereocenters. The van der Waals surface area contributed by atoms with Crippen LogP contribution < -0.4 is 16.0 Å². The maximum Gasteiger partial charge on any atom is 0.408 e. The van der Waals surface area contributed by atoms with Gasteiger partial charge in [-0.05, 0) is 44.4 Å². The molecule has 7 heteroatoms. The first kappa shape index (κ1) is 22.9. The van der Waals surface area contributed by atoms with Crippen LogP contribution in [0.3, 0.4) is 0 Å². The average molecular weight is 412 g/mol. The molecule has 2 aromatic rings. The summed E-state index contributed by atoms with van der Waals surface area (Å²) in [5.74, 6) is -0.449. The fourth-order valence-corrected chi connectivity index (χ4v) is 2.64. The number of alkyl carbamates (subject to hydrolysis) is 1. The lowest BCUT2D eigenvalue weighted by molar-refractivity contribution is -0.121. The molecule has 3 amide bonds. The van der Waals surface area contributed by atoms with Crippen molar-refractivity contribution in [3.05, 3.63) is 65.7 Å². The third-order valence-corrected chi connectivity index (χ3v) is 4.04. The van der Waals surface area contributed by atoms with E-state index in [1.165, 1.54) is 0 Å². The molecule has 0 bridgehead atoms. The Hall–Kier alpha value is -3.35. The molecule has 0 saturated carbocycles. The smallest absolute Gasteiger partial charge is 0.408 e. The van der Waals surface area contributed by atoms with E-state index in [0.29, 0.717) is 25.1 Å². The highest BCUT2D eigenvalue weighted by Gasteiger charge is 2.17. The van der Waals surface area contributed by atoms with Gasteiger partial charge in [0.2, 0.25) is 11.8 Å². The lowest BCUT2D eigenvalue weighted by atomic mass is 10.1. The standard InChI is InChI=1S/C23H29N3O4/c1-23(2,3)30-22(29)25-16-21(28)26-19-12-8-7-11-18(19)15-24-20(27)14-13-17-9-5-4-6-10-17/h4-12H,13-16H2,1-3H3,(H,24,27)(H,25,29)(H,26,28). The minimum Gasteiger partial charge on any atom is -0.444 e. The van der Waals surface area contributed by atoms with Gasteiger partial charge in [-0.2, -0.15) is 0 Å². The first-order valence-electron chi connectivity index (χ1n) is 9.88. The SMILES string of the molecule is CC(C)(C)OC(=O)NCC(=O)Nc1ccccc1CNC(=O)CCc1ccccc1. The van der Waals surface area contributed by atoms with Gasteiger partial charge in [0.25, 0.3) is 0 Å². The number of ether oxygens (including phenoxy) is 1. The lowest BCUT2D eigenvalue weighted by Crippen LogP contribution is -2.37. The molecule has 0 aromatic heterocycles. The largest absolute Gasteiger partial charge is 0.444 e. The second-order valence-electron chi connectivity index (χ2n) is 7.82. The van der Waals surface area contributed by atoms with E-state index in [1.54, 1.807) is 32.9 Å². The number of para-hydroxylation sites is 1. The molecule has 30 heavy (non-hydrogen) atoms. The summed E-state index contributed by atoms with van der Waals surface area (Å²) in [6.07, 6.45) is 0.399. The van der Waals surface area contributed by atoms with Crippen molar-refractivity contribution in [2.24, 2.45) is 0 Å². The molecule has 0 spiro atoms. The number of hydrogen-bond donors (Lipinski definition) is 3. The van der Waals surface area contributed by atoms with Gasteiger partial charge in [-0.1, -0.05) is 48.5 Å². The van der Waals surface area contributed by atoms with E-state index in [1.807, 2.05) is 42.5 Å². The van der Waals surface area contributed by atoms with Crippen molar-refractivity contribution < 1.29 is 19.1 Å². The number of carbonyl (C=O) groups is 3. The van der Waals surface area contributed by atoms with Crippen molar-refractivity contribution in [1.82, 2.24) is 10.6 Å². The average Bonchev–Trinajstić information content (AvgIpc) is 2.69. The minimum atomic E-state index is -0.656. The molecule has 0 atom stereocenters. The first-order valence-corrected chi connectivity index (χ1v) is 9.88. The Balaban J connectivity index is 1.81. The van der Waals surface area contributed by atoms with Crippen molar-refractivity contribution in [3.63, 3.8) is 0 Å². The van der Waals surface area contributed by atoms with E-state index in [-0.39, 0.29) is 18.4 Å². The zero-order valence-electron chi connectivity index (χ0n) is 17.7. The fourth-order valence-electron chi connectivity index (χ4n) is 2.64. The van der Waals surface area contributed by atoms with E-state index in [0.717, 1.165) is 11.1 Å². The van der Waals surface area contributed by atoms with Crippen LogP contribution in [-0.4, -0.2) is 30.1 Å². The number of benzene rings is 2. The monoisotopic (exact) mass is 411 g/mol. The van der Waals surface area contributed by atoms with Crippen molar-refractivity contribution >= 4 is 23.6 Å². The molecule has 7 nitrogen and oxygen atoms in total. The molecule has 160 valence electrons. The van der Waals surface area contributed by atoms with Gasteiger partial charge in [0.05, 0.1) is 0 Å². The van der Waals surface area contributed by atoms with Crippen molar-refractivity contribution in [3.8, 4) is 0 Å². The lowest BCUT2D eigenvalue weighted by Gasteiger charge is -2.19. The quantitative estimate of drug-likeness (QED) is 0.620. The molecule has 0 radical (unpaired) electrons. The van der Waals surface area contributed by atoms with Gasteiger partial charge in [-0.15, -0.1) is 0 Å². The first-order chi connectivity index (χ1) is 14.2. The number of hydrogen-bond acceptors (Lipinski definition) is 4. The fraction of sp³-hybridized carbons (Fsp3) is 0.348. The Morgan fingerprint density at radius 3 is 2.23 bits per heavy atom. The Kier molecular flexibility index (Phi) is 8.41. The van der Waals surface area contributed by atoms with Crippen LogP contribution in [0.25, 0.3) is 0 Å². The van der Waals surface area contributed by atoms with E-state index in [2.05, 4.69) is 16.0 Å². The second-order valence-corrected chi connectivity index (χ2v) is 7.82. The molecule has 0 aliphatic carbocycles. The van der Waals surface area contributed by atoms with E-state index >= 15 is 0 Å². The summed E-state index contributed by atoms with van der Waals surface area (Å²) in [5, 5.41) is 8.05. The number of anilines is 1. The molecule has 0 aliphatic rings. The normalized spacial score (nSPS) is 10.8. The van der Waals surface area contributed by atoms with Crippen LogP contribution in [0.5, 0.6) is 0 Å². The van der Waals surface area contributed by atoms with Gasteiger partial charge in [0.15, 0.2) is 0 Å². The van der Waals surface area contributed by atoms with Gasteiger partial charge in [0.1, 0.15) is 12.1 Å². The molecule has 0 aliphatic heterocycles. The summed E-state index contributed by atoms with van der Waals surface area (Å²) in [5.41, 5.74) is 1.83. The Morgan fingerprint density at radius 1 is 0.867 bits per heavy atom. The molecule has 0 saturated heterocycles. The zero-order chi connectivity index (χ0) is 22.0. The van der Waals surface area contributed by atoms with Crippen molar-refractivity contribution in [1.29, 1.82) is 0 Å². The third-order valence-electron chi connectivity index (χ3n) is 4.04. The summed E-state index contributed by atoms with van der Waals surface area (Å²) in [6.45, 7) is 5.32.